The number of pyridine rings is 2. The van der Waals surface area contributed by atoms with E-state index in [1.165, 1.54) is 0 Å². The molecule has 35 heavy (non-hydrogen) atoms. The van der Waals surface area contributed by atoms with Gasteiger partial charge < -0.3 is 26.0 Å². The molecular weight excluding hydrogens is 444 g/mol. The van der Waals surface area contributed by atoms with E-state index >= 15 is 0 Å². The van der Waals surface area contributed by atoms with E-state index in [0.29, 0.717) is 24.5 Å². The molecule has 0 unspecified atom stereocenters. The molecule has 4 N–H and O–H groups in total. The summed E-state index contributed by atoms with van der Waals surface area (Å²) in [7, 11) is 0. The van der Waals surface area contributed by atoms with Gasteiger partial charge in [0.25, 0.3) is 0 Å². The summed E-state index contributed by atoms with van der Waals surface area (Å²) in [5, 5.41) is 19.6. The number of carbonyl (C=O) groups is 1. The van der Waals surface area contributed by atoms with Crippen LogP contribution in [0.15, 0.2) is 49.1 Å². The second-order valence-corrected chi connectivity index (χ2v) is 8.98. The average Bonchev–Trinajstić information content (AvgIpc) is 2.91. The van der Waals surface area contributed by atoms with E-state index in [0.717, 1.165) is 61.8 Å². The normalized spacial score (nSPS) is 20.3. The summed E-state index contributed by atoms with van der Waals surface area (Å²) >= 11 is 0. The Morgan fingerprint density at radius 2 is 1.83 bits per heavy atom. The van der Waals surface area contributed by atoms with Crippen molar-refractivity contribution in [2.24, 2.45) is 5.92 Å². The number of nitrogens with zero attached hydrogens (tertiary/aromatic N) is 5. The third-order valence-corrected chi connectivity index (χ3v) is 6.61. The van der Waals surface area contributed by atoms with Gasteiger partial charge in [0.1, 0.15) is 17.5 Å². The summed E-state index contributed by atoms with van der Waals surface area (Å²) in [5.41, 5.74) is 2.71. The number of piperazine rings is 1. The van der Waals surface area contributed by atoms with Crippen molar-refractivity contribution in [1.29, 1.82) is 0 Å². The van der Waals surface area contributed by atoms with E-state index in [4.69, 9.17) is 4.98 Å². The van der Waals surface area contributed by atoms with Gasteiger partial charge in [0.2, 0.25) is 0 Å². The maximum Gasteiger partial charge on any atom is 0.306 e. The molecule has 10 heteroatoms. The molecule has 3 aromatic heterocycles. The average molecular weight is 475 g/mol. The predicted octanol–water partition coefficient (Wildman–Crippen LogP) is 3.14. The Balaban J connectivity index is 1.43. The van der Waals surface area contributed by atoms with Gasteiger partial charge in [-0.15, -0.1) is 0 Å². The molecule has 0 atom stereocenters. The number of carboxylic acid groups (broad SMARTS) is 1. The number of aliphatic carboxylic acids is 1. The summed E-state index contributed by atoms with van der Waals surface area (Å²) in [6, 6.07) is 8.22. The molecule has 182 valence electrons. The minimum atomic E-state index is -0.692. The topological polar surface area (TPSA) is 128 Å². The van der Waals surface area contributed by atoms with E-state index in [2.05, 4.69) is 41.9 Å². The number of nitrogens with one attached hydrogen (secondary N) is 3. The van der Waals surface area contributed by atoms with Crippen LogP contribution in [0.5, 0.6) is 0 Å². The molecule has 10 nitrogen and oxygen atoms in total. The van der Waals surface area contributed by atoms with Crippen molar-refractivity contribution >= 4 is 29.1 Å². The fourth-order valence-corrected chi connectivity index (χ4v) is 4.70. The van der Waals surface area contributed by atoms with Crippen molar-refractivity contribution in [3.63, 3.8) is 0 Å². The first-order valence-electron chi connectivity index (χ1n) is 12.1. The molecule has 0 aromatic carbocycles. The number of rotatable bonds is 7. The van der Waals surface area contributed by atoms with Crippen molar-refractivity contribution < 1.29 is 9.90 Å². The molecule has 0 radical (unpaired) electrons. The first kappa shape index (κ1) is 23.0. The lowest BCUT2D eigenvalue weighted by Crippen LogP contribution is -2.43. The number of hydrogen-bond acceptors (Lipinski definition) is 9. The quantitative estimate of drug-likeness (QED) is 0.405. The molecule has 1 aliphatic carbocycles. The van der Waals surface area contributed by atoms with Crippen LogP contribution in [-0.2, 0) is 4.79 Å². The van der Waals surface area contributed by atoms with Gasteiger partial charge in [-0.25, -0.2) is 15.0 Å². The molecule has 0 spiro atoms. The van der Waals surface area contributed by atoms with E-state index in [9.17, 15) is 9.90 Å². The van der Waals surface area contributed by atoms with Gasteiger partial charge in [0, 0.05) is 56.4 Å². The molecule has 2 fully saturated rings. The van der Waals surface area contributed by atoms with Crippen LogP contribution < -0.4 is 20.9 Å². The predicted molar refractivity (Wildman–Crippen MR) is 135 cm³/mol. The fourth-order valence-electron chi connectivity index (χ4n) is 4.70. The van der Waals surface area contributed by atoms with Crippen LogP contribution in [0.2, 0.25) is 0 Å². The number of aromatic nitrogens is 4. The highest BCUT2D eigenvalue weighted by molar-refractivity contribution is 5.78. The zero-order chi connectivity index (χ0) is 24.0. The third kappa shape index (κ3) is 5.65. The first-order chi connectivity index (χ1) is 17.2. The van der Waals surface area contributed by atoms with E-state index in [-0.39, 0.29) is 12.0 Å². The summed E-state index contributed by atoms with van der Waals surface area (Å²) < 4.78 is 0. The van der Waals surface area contributed by atoms with Gasteiger partial charge in [-0.3, -0.25) is 9.78 Å². The van der Waals surface area contributed by atoms with Gasteiger partial charge in [-0.2, -0.15) is 0 Å². The van der Waals surface area contributed by atoms with Gasteiger partial charge in [0.05, 0.1) is 23.5 Å². The Bertz CT molecular complexity index is 1150. The summed E-state index contributed by atoms with van der Waals surface area (Å²) in [5.74, 6) is 1.29. The van der Waals surface area contributed by atoms with Crippen molar-refractivity contribution in [1.82, 2.24) is 25.3 Å². The van der Waals surface area contributed by atoms with Gasteiger partial charge in [-0.1, -0.05) is 0 Å². The molecule has 3 aromatic rings. The summed E-state index contributed by atoms with van der Waals surface area (Å²) in [4.78, 5) is 31.6. The SMILES string of the molecule is O=C(O)C1CCC(Nc2ccc(Nc3cnccn3)nc2-c2ccnc(N3CCNCC3)c2)CC1. The van der Waals surface area contributed by atoms with Crippen LogP contribution in [0.1, 0.15) is 25.7 Å². The molecule has 1 saturated heterocycles. The van der Waals surface area contributed by atoms with Gasteiger partial charge in [0.15, 0.2) is 0 Å². The molecule has 0 amide bonds. The fraction of sp³-hybridized carbons (Fsp3) is 0.400. The van der Waals surface area contributed by atoms with Crippen LogP contribution >= 0.6 is 0 Å². The highest BCUT2D eigenvalue weighted by Crippen LogP contribution is 2.33. The minimum Gasteiger partial charge on any atom is -0.481 e. The zero-order valence-corrected chi connectivity index (χ0v) is 19.5. The Kier molecular flexibility index (Phi) is 6.99. The van der Waals surface area contributed by atoms with Crippen molar-refractivity contribution in [3.8, 4) is 11.3 Å². The molecule has 1 aliphatic heterocycles. The Hall–Kier alpha value is -3.79. The molecule has 5 rings (SSSR count). The third-order valence-electron chi connectivity index (χ3n) is 6.61. The van der Waals surface area contributed by atoms with Gasteiger partial charge >= 0.3 is 5.97 Å². The van der Waals surface area contributed by atoms with E-state index in [1.807, 2.05) is 24.4 Å². The standard InChI is InChI=1S/C25H30N8O2/c34-25(35)17-1-3-19(4-2-17)30-20-5-6-21(31-22-16-27-9-10-28-22)32-24(20)18-7-8-29-23(15-18)33-13-11-26-12-14-33/h5-10,15-17,19,26,30H,1-4,11-14H2,(H,34,35)(H,28,31,32). The zero-order valence-electron chi connectivity index (χ0n) is 19.5. The number of carboxylic acids is 1. The van der Waals surface area contributed by atoms with E-state index < -0.39 is 5.97 Å². The lowest BCUT2D eigenvalue weighted by molar-refractivity contribution is -0.142. The summed E-state index contributed by atoms with van der Waals surface area (Å²) in [6.07, 6.45) is 9.76. The Morgan fingerprint density at radius 1 is 1.00 bits per heavy atom. The molecule has 4 heterocycles. The minimum absolute atomic E-state index is 0.208. The highest BCUT2D eigenvalue weighted by atomic mass is 16.4. The molecule has 1 saturated carbocycles. The lowest BCUT2D eigenvalue weighted by Gasteiger charge is -2.29. The van der Waals surface area contributed by atoms with Crippen LogP contribution in [-0.4, -0.2) is 63.2 Å². The van der Waals surface area contributed by atoms with Crippen molar-refractivity contribution in [2.45, 2.75) is 31.7 Å². The van der Waals surface area contributed by atoms with Crippen molar-refractivity contribution in [3.05, 3.63) is 49.1 Å². The molecule has 0 bridgehead atoms. The second kappa shape index (κ2) is 10.6. The maximum absolute atomic E-state index is 11.3. The Morgan fingerprint density at radius 3 is 2.57 bits per heavy atom. The number of hydrogen-bond donors (Lipinski definition) is 4. The van der Waals surface area contributed by atoms with Crippen LogP contribution in [0.25, 0.3) is 11.3 Å². The van der Waals surface area contributed by atoms with Crippen LogP contribution in [0.3, 0.4) is 0 Å². The lowest BCUT2D eigenvalue weighted by atomic mass is 9.86. The second-order valence-electron chi connectivity index (χ2n) is 8.98. The molecular formula is C25H30N8O2. The van der Waals surface area contributed by atoms with E-state index in [1.54, 1.807) is 18.6 Å². The Labute approximate surface area is 204 Å². The van der Waals surface area contributed by atoms with Crippen molar-refractivity contribution in [2.75, 3.05) is 41.7 Å². The summed E-state index contributed by atoms with van der Waals surface area (Å²) in [6.45, 7) is 3.70. The maximum atomic E-state index is 11.3. The van der Waals surface area contributed by atoms with Gasteiger partial charge in [-0.05, 0) is 49.9 Å². The largest absolute Gasteiger partial charge is 0.481 e. The van der Waals surface area contributed by atoms with Crippen LogP contribution in [0.4, 0.5) is 23.1 Å². The highest BCUT2D eigenvalue weighted by Gasteiger charge is 2.26. The first-order valence-corrected chi connectivity index (χ1v) is 12.1. The number of anilines is 4. The van der Waals surface area contributed by atoms with Crippen LogP contribution in [0, 0.1) is 5.92 Å². The monoisotopic (exact) mass is 474 g/mol. The smallest absolute Gasteiger partial charge is 0.306 e. The molecule has 2 aliphatic rings.